The third-order valence-corrected chi connectivity index (χ3v) is 5.96. The highest BCUT2D eigenvalue weighted by molar-refractivity contribution is 7.92. The SMILES string of the molecule is COc1ccc(C(=O)/C=C/Nc2ccc(S(=O)(=O)Nc3ccc(C(C)=O)cc3)cc2)cc1. The summed E-state index contributed by atoms with van der Waals surface area (Å²) in [5, 5.41) is 2.94. The molecule has 2 N–H and O–H groups in total. The first-order chi connectivity index (χ1) is 15.3. The highest BCUT2D eigenvalue weighted by Gasteiger charge is 2.14. The molecule has 0 radical (unpaired) electrons. The van der Waals surface area contributed by atoms with E-state index in [9.17, 15) is 18.0 Å². The van der Waals surface area contributed by atoms with Gasteiger partial charge in [-0.05, 0) is 79.7 Å². The van der Waals surface area contributed by atoms with E-state index in [0.29, 0.717) is 28.3 Å². The molecular formula is C24H22N2O5S. The number of carbonyl (C=O) groups is 2. The van der Waals surface area contributed by atoms with Gasteiger partial charge >= 0.3 is 0 Å². The van der Waals surface area contributed by atoms with Gasteiger partial charge in [0.05, 0.1) is 12.0 Å². The molecule has 0 bridgehead atoms. The van der Waals surface area contributed by atoms with Crippen LogP contribution in [0.2, 0.25) is 0 Å². The fraction of sp³-hybridized carbons (Fsp3) is 0.0833. The first-order valence-electron chi connectivity index (χ1n) is 9.64. The third kappa shape index (κ3) is 5.83. The van der Waals surface area contributed by atoms with E-state index >= 15 is 0 Å². The predicted molar refractivity (Wildman–Crippen MR) is 124 cm³/mol. The van der Waals surface area contributed by atoms with E-state index in [1.54, 1.807) is 55.6 Å². The molecule has 0 heterocycles. The highest BCUT2D eigenvalue weighted by Crippen LogP contribution is 2.19. The van der Waals surface area contributed by atoms with Gasteiger partial charge in [0, 0.05) is 34.8 Å². The second-order valence-corrected chi connectivity index (χ2v) is 8.52. The van der Waals surface area contributed by atoms with Crippen LogP contribution in [0.3, 0.4) is 0 Å². The van der Waals surface area contributed by atoms with Gasteiger partial charge in [-0.25, -0.2) is 8.42 Å². The molecular weight excluding hydrogens is 428 g/mol. The summed E-state index contributed by atoms with van der Waals surface area (Å²) in [4.78, 5) is 23.6. The normalized spacial score (nSPS) is 11.2. The van der Waals surface area contributed by atoms with Crippen LogP contribution in [0.4, 0.5) is 11.4 Å². The van der Waals surface area contributed by atoms with Gasteiger partial charge in [0.2, 0.25) is 0 Å². The molecule has 3 aromatic rings. The third-order valence-electron chi connectivity index (χ3n) is 4.57. The predicted octanol–water partition coefficient (Wildman–Crippen LogP) is 4.51. The Labute approximate surface area is 186 Å². The number of hydrogen-bond donors (Lipinski definition) is 2. The van der Waals surface area contributed by atoms with Crippen LogP contribution in [0.5, 0.6) is 5.75 Å². The van der Waals surface area contributed by atoms with Crippen LogP contribution in [-0.2, 0) is 10.0 Å². The van der Waals surface area contributed by atoms with Crippen molar-refractivity contribution in [3.63, 3.8) is 0 Å². The molecule has 0 saturated heterocycles. The van der Waals surface area contributed by atoms with Crippen LogP contribution in [-0.4, -0.2) is 27.1 Å². The first-order valence-corrected chi connectivity index (χ1v) is 11.1. The summed E-state index contributed by atoms with van der Waals surface area (Å²) < 4.78 is 32.7. The number of ketones is 2. The molecule has 0 spiro atoms. The summed E-state index contributed by atoms with van der Waals surface area (Å²) in [7, 11) is -2.23. The van der Waals surface area contributed by atoms with Crippen LogP contribution < -0.4 is 14.8 Å². The molecule has 0 aliphatic heterocycles. The van der Waals surface area contributed by atoms with Crippen LogP contribution in [0.1, 0.15) is 27.6 Å². The lowest BCUT2D eigenvalue weighted by Gasteiger charge is -2.09. The van der Waals surface area contributed by atoms with Crippen molar-refractivity contribution in [3.05, 3.63) is 96.2 Å². The lowest BCUT2D eigenvalue weighted by molar-refractivity contribution is 0.101. The van der Waals surface area contributed by atoms with E-state index in [4.69, 9.17) is 4.74 Å². The van der Waals surface area contributed by atoms with Crippen molar-refractivity contribution in [2.45, 2.75) is 11.8 Å². The summed E-state index contributed by atoms with van der Waals surface area (Å²) in [5.41, 5.74) is 2.00. The lowest BCUT2D eigenvalue weighted by Crippen LogP contribution is -2.13. The molecule has 8 heteroatoms. The Morgan fingerprint density at radius 3 is 1.94 bits per heavy atom. The Morgan fingerprint density at radius 1 is 0.812 bits per heavy atom. The second-order valence-electron chi connectivity index (χ2n) is 6.83. The number of ether oxygens (including phenoxy) is 1. The number of allylic oxidation sites excluding steroid dienone is 1. The standard InChI is InChI=1S/C24H22N2O5S/c1-17(27)18-3-7-21(8-4-18)26-32(29,30)23-13-9-20(10-14-23)25-16-15-24(28)19-5-11-22(31-2)12-6-19/h3-16,25-26H,1-2H3/b16-15+. The summed E-state index contributed by atoms with van der Waals surface area (Å²) in [6.45, 7) is 1.44. The molecule has 0 aliphatic carbocycles. The minimum Gasteiger partial charge on any atom is -0.497 e. The van der Waals surface area contributed by atoms with Crippen molar-refractivity contribution in [2.24, 2.45) is 0 Å². The molecule has 0 aromatic heterocycles. The first kappa shape index (κ1) is 22.8. The summed E-state index contributed by atoms with van der Waals surface area (Å²) in [6.07, 6.45) is 2.88. The monoisotopic (exact) mass is 450 g/mol. The van der Waals surface area contributed by atoms with Gasteiger partial charge in [0.15, 0.2) is 11.6 Å². The molecule has 3 aromatic carbocycles. The molecule has 32 heavy (non-hydrogen) atoms. The molecule has 0 atom stereocenters. The quantitative estimate of drug-likeness (QED) is 0.367. The topological polar surface area (TPSA) is 102 Å². The van der Waals surface area contributed by atoms with Gasteiger partial charge in [-0.3, -0.25) is 14.3 Å². The molecule has 164 valence electrons. The maximum absolute atomic E-state index is 12.6. The van der Waals surface area contributed by atoms with E-state index < -0.39 is 10.0 Å². The number of anilines is 2. The molecule has 0 aliphatic rings. The van der Waals surface area contributed by atoms with Crippen molar-refractivity contribution in [1.29, 1.82) is 0 Å². The van der Waals surface area contributed by atoms with Crippen molar-refractivity contribution in [3.8, 4) is 5.75 Å². The molecule has 0 amide bonds. The van der Waals surface area contributed by atoms with Crippen LogP contribution in [0.15, 0.2) is 90.0 Å². The number of methoxy groups -OCH3 is 1. The molecule has 0 saturated carbocycles. The Bertz CT molecular complexity index is 1230. The van der Waals surface area contributed by atoms with Crippen molar-refractivity contribution in [2.75, 3.05) is 17.1 Å². The number of sulfonamides is 1. The molecule has 3 rings (SSSR count). The van der Waals surface area contributed by atoms with Crippen LogP contribution in [0, 0.1) is 0 Å². The maximum Gasteiger partial charge on any atom is 0.261 e. The summed E-state index contributed by atoms with van der Waals surface area (Å²) in [6, 6.07) is 19.0. The minimum absolute atomic E-state index is 0.0805. The van der Waals surface area contributed by atoms with Crippen LogP contribution >= 0.6 is 0 Å². The zero-order chi connectivity index (χ0) is 23.1. The molecule has 0 fully saturated rings. The average molecular weight is 451 g/mol. The highest BCUT2D eigenvalue weighted by atomic mass is 32.2. The summed E-state index contributed by atoms with van der Waals surface area (Å²) >= 11 is 0. The van der Waals surface area contributed by atoms with Crippen molar-refractivity contribution < 1.29 is 22.7 Å². The smallest absolute Gasteiger partial charge is 0.261 e. The van der Waals surface area contributed by atoms with Gasteiger partial charge in [0.1, 0.15) is 5.75 Å². The zero-order valence-electron chi connectivity index (χ0n) is 17.5. The van der Waals surface area contributed by atoms with Crippen molar-refractivity contribution in [1.82, 2.24) is 0 Å². The Hall–Kier alpha value is -3.91. The largest absolute Gasteiger partial charge is 0.497 e. The molecule has 0 unspecified atom stereocenters. The van der Waals surface area contributed by atoms with Gasteiger partial charge in [0.25, 0.3) is 10.0 Å². The van der Waals surface area contributed by atoms with Gasteiger partial charge < -0.3 is 10.1 Å². The summed E-state index contributed by atoms with van der Waals surface area (Å²) in [5.74, 6) is 0.392. The van der Waals surface area contributed by atoms with E-state index in [-0.39, 0.29) is 16.5 Å². The van der Waals surface area contributed by atoms with E-state index in [2.05, 4.69) is 10.0 Å². The number of hydrogen-bond acceptors (Lipinski definition) is 6. The maximum atomic E-state index is 12.6. The minimum atomic E-state index is -3.78. The number of Topliss-reactive ketones (excluding diaryl/α,β-unsaturated/α-hetero) is 1. The number of rotatable bonds is 9. The fourth-order valence-corrected chi connectivity index (χ4v) is 3.84. The number of benzene rings is 3. The van der Waals surface area contributed by atoms with Gasteiger partial charge in [-0.2, -0.15) is 0 Å². The van der Waals surface area contributed by atoms with E-state index in [1.165, 1.54) is 43.5 Å². The van der Waals surface area contributed by atoms with Gasteiger partial charge in [-0.15, -0.1) is 0 Å². The second kappa shape index (κ2) is 9.93. The van der Waals surface area contributed by atoms with Crippen molar-refractivity contribution >= 4 is 33.0 Å². The lowest BCUT2D eigenvalue weighted by atomic mass is 10.1. The molecule has 7 nitrogen and oxygen atoms in total. The zero-order valence-corrected chi connectivity index (χ0v) is 18.3. The average Bonchev–Trinajstić information content (AvgIpc) is 2.79. The van der Waals surface area contributed by atoms with E-state index in [1.807, 2.05) is 0 Å². The Morgan fingerprint density at radius 2 is 1.38 bits per heavy atom. The number of nitrogens with one attached hydrogen (secondary N) is 2. The number of carbonyl (C=O) groups excluding carboxylic acids is 2. The van der Waals surface area contributed by atoms with E-state index in [0.717, 1.165) is 0 Å². The Balaban J connectivity index is 1.61. The van der Waals surface area contributed by atoms with Gasteiger partial charge in [-0.1, -0.05) is 0 Å². The van der Waals surface area contributed by atoms with Crippen LogP contribution in [0.25, 0.3) is 0 Å². The fourth-order valence-electron chi connectivity index (χ4n) is 2.78. The Kier molecular flexibility index (Phi) is 7.07.